The number of benzene rings is 1. The number of rotatable bonds is 7. The second-order valence-corrected chi connectivity index (χ2v) is 11.3. The summed E-state index contributed by atoms with van der Waals surface area (Å²) in [6, 6.07) is 7.72. The lowest BCUT2D eigenvalue weighted by atomic mass is 10.2. The highest BCUT2D eigenvalue weighted by Gasteiger charge is 2.22. The fourth-order valence-electron chi connectivity index (χ4n) is 3.25. The monoisotopic (exact) mass is 498 g/mol. The summed E-state index contributed by atoms with van der Waals surface area (Å²) < 4.78 is 29.2. The van der Waals surface area contributed by atoms with Gasteiger partial charge in [-0.3, -0.25) is 19.0 Å². The van der Waals surface area contributed by atoms with Crippen LogP contribution in [0.15, 0.2) is 44.8 Å². The van der Waals surface area contributed by atoms with Crippen LogP contribution in [-0.4, -0.2) is 53.8 Å². The minimum Gasteiger partial charge on any atom is -0.339 e. The number of halogens is 1. The molecule has 3 aromatic rings. The molecule has 0 radical (unpaired) electrons. The van der Waals surface area contributed by atoms with Crippen LogP contribution in [0.1, 0.15) is 11.8 Å². The fourth-order valence-corrected chi connectivity index (χ4v) is 5.32. The van der Waals surface area contributed by atoms with Gasteiger partial charge in [-0.15, -0.1) is 11.3 Å². The first kappa shape index (κ1) is 24.2. The molecule has 0 fully saturated rings. The van der Waals surface area contributed by atoms with Crippen LogP contribution in [0.5, 0.6) is 0 Å². The Balaban J connectivity index is 2.12. The Morgan fingerprint density at radius 1 is 1.03 bits per heavy atom. The summed E-state index contributed by atoms with van der Waals surface area (Å²) in [6.07, 6.45) is 0. The van der Waals surface area contributed by atoms with Crippen molar-refractivity contribution in [1.29, 1.82) is 0 Å². The molecule has 0 aliphatic carbocycles. The molecule has 0 N–H and O–H groups in total. The molecule has 0 aliphatic rings. The molecule has 9 nitrogen and oxygen atoms in total. The molecule has 0 aliphatic heterocycles. The van der Waals surface area contributed by atoms with Gasteiger partial charge in [-0.25, -0.2) is 12.7 Å². The molecule has 2 aromatic heterocycles. The summed E-state index contributed by atoms with van der Waals surface area (Å²) in [4.78, 5) is 40.6. The van der Waals surface area contributed by atoms with Gasteiger partial charge in [0.2, 0.25) is 15.9 Å². The Labute approximate surface area is 194 Å². The molecule has 0 bridgehead atoms. The van der Waals surface area contributed by atoms with Gasteiger partial charge < -0.3 is 9.47 Å². The number of aryl methyl sites for hydroxylation is 1. The van der Waals surface area contributed by atoms with Crippen molar-refractivity contribution in [3.63, 3.8) is 0 Å². The van der Waals surface area contributed by atoms with Crippen molar-refractivity contribution in [2.45, 2.75) is 31.5 Å². The van der Waals surface area contributed by atoms with Crippen LogP contribution in [0.2, 0.25) is 4.34 Å². The van der Waals surface area contributed by atoms with Gasteiger partial charge in [0.1, 0.15) is 6.54 Å². The number of carbonyl (C=O) groups is 1. The van der Waals surface area contributed by atoms with Crippen LogP contribution in [-0.2, 0) is 34.5 Å². The van der Waals surface area contributed by atoms with E-state index in [1.807, 2.05) is 0 Å². The van der Waals surface area contributed by atoms with E-state index in [-0.39, 0.29) is 23.5 Å². The van der Waals surface area contributed by atoms with Gasteiger partial charge in [0.15, 0.2) is 0 Å². The normalized spacial score (nSPS) is 11.9. The van der Waals surface area contributed by atoms with Crippen molar-refractivity contribution in [1.82, 2.24) is 18.3 Å². The van der Waals surface area contributed by atoms with E-state index in [2.05, 4.69) is 0 Å². The first-order valence-corrected chi connectivity index (χ1v) is 12.3. The van der Waals surface area contributed by atoms with Crippen molar-refractivity contribution in [2.24, 2.45) is 0 Å². The van der Waals surface area contributed by atoms with Gasteiger partial charge in [-0.05, 0) is 37.3 Å². The number of thiophene rings is 1. The summed E-state index contributed by atoms with van der Waals surface area (Å²) in [6.45, 7) is 1.81. The molecule has 32 heavy (non-hydrogen) atoms. The van der Waals surface area contributed by atoms with Gasteiger partial charge in [0.25, 0.3) is 0 Å². The number of likely N-dealkylation sites (N-methyl/N-ethyl adjacent to an activating group) is 1. The highest BCUT2D eigenvalue weighted by atomic mass is 35.5. The van der Waals surface area contributed by atoms with E-state index in [1.54, 1.807) is 26.1 Å². The van der Waals surface area contributed by atoms with Crippen LogP contribution < -0.4 is 11.1 Å². The second-order valence-electron chi connectivity index (χ2n) is 7.33. The SMILES string of the molecule is CCn1c(=O)c(=O)n(CC(=O)N(C)Cc2ccc(Cl)s2)c2cc(S(=O)(=O)N(C)C)ccc21. The molecule has 0 spiro atoms. The van der Waals surface area contributed by atoms with Crippen molar-refractivity contribution in [3.05, 3.63) is 60.3 Å². The Hall–Kier alpha value is -2.47. The van der Waals surface area contributed by atoms with E-state index in [9.17, 15) is 22.8 Å². The zero-order valence-electron chi connectivity index (χ0n) is 18.0. The lowest BCUT2D eigenvalue weighted by molar-refractivity contribution is -0.131. The lowest BCUT2D eigenvalue weighted by Gasteiger charge is -2.19. The maximum atomic E-state index is 12.9. The third-order valence-corrected chi connectivity index (χ3v) is 8.06. The van der Waals surface area contributed by atoms with Crippen molar-refractivity contribution < 1.29 is 13.2 Å². The number of fused-ring (bicyclic) bond motifs is 1. The molecule has 0 saturated heterocycles. The molecular weight excluding hydrogens is 476 g/mol. The minimum absolute atomic E-state index is 0.0431. The summed E-state index contributed by atoms with van der Waals surface area (Å²) in [5, 5.41) is 0. The van der Waals surface area contributed by atoms with Crippen LogP contribution in [0.25, 0.3) is 11.0 Å². The van der Waals surface area contributed by atoms with E-state index in [4.69, 9.17) is 11.6 Å². The smallest absolute Gasteiger partial charge is 0.317 e. The number of nitrogens with zero attached hydrogens (tertiary/aromatic N) is 4. The van der Waals surface area contributed by atoms with E-state index in [1.165, 1.54) is 53.1 Å². The van der Waals surface area contributed by atoms with Crippen molar-refractivity contribution >= 4 is 49.9 Å². The van der Waals surface area contributed by atoms with Crippen LogP contribution in [0, 0.1) is 0 Å². The zero-order chi connectivity index (χ0) is 23.8. The maximum Gasteiger partial charge on any atom is 0.317 e. The Morgan fingerprint density at radius 2 is 1.69 bits per heavy atom. The largest absolute Gasteiger partial charge is 0.339 e. The van der Waals surface area contributed by atoms with Gasteiger partial charge in [-0.1, -0.05) is 11.6 Å². The van der Waals surface area contributed by atoms with E-state index in [0.29, 0.717) is 9.85 Å². The van der Waals surface area contributed by atoms with E-state index >= 15 is 0 Å². The molecule has 0 atom stereocenters. The molecule has 2 heterocycles. The molecule has 0 unspecified atom stereocenters. The van der Waals surface area contributed by atoms with Gasteiger partial charge in [-0.2, -0.15) is 0 Å². The van der Waals surface area contributed by atoms with Gasteiger partial charge in [0.05, 0.1) is 26.8 Å². The van der Waals surface area contributed by atoms with Crippen molar-refractivity contribution in [2.75, 3.05) is 21.1 Å². The second kappa shape index (κ2) is 9.18. The van der Waals surface area contributed by atoms with Gasteiger partial charge in [0, 0.05) is 32.6 Å². The number of carbonyl (C=O) groups excluding carboxylic acids is 1. The number of hydrogen-bond acceptors (Lipinski definition) is 6. The third kappa shape index (κ3) is 4.51. The van der Waals surface area contributed by atoms with E-state index in [0.717, 1.165) is 13.7 Å². The molecule has 12 heteroatoms. The maximum absolute atomic E-state index is 12.9. The average Bonchev–Trinajstić information content (AvgIpc) is 3.15. The summed E-state index contributed by atoms with van der Waals surface area (Å²) in [7, 11) is 0.590. The molecule has 0 saturated carbocycles. The Bertz CT molecular complexity index is 1410. The predicted molar refractivity (Wildman–Crippen MR) is 125 cm³/mol. The first-order valence-electron chi connectivity index (χ1n) is 9.65. The van der Waals surface area contributed by atoms with Gasteiger partial charge >= 0.3 is 11.1 Å². The fraction of sp³-hybridized carbons (Fsp3) is 0.350. The zero-order valence-corrected chi connectivity index (χ0v) is 20.4. The summed E-state index contributed by atoms with van der Waals surface area (Å²) in [5.74, 6) is -0.410. The minimum atomic E-state index is -3.79. The highest BCUT2D eigenvalue weighted by molar-refractivity contribution is 7.89. The van der Waals surface area contributed by atoms with Crippen LogP contribution in [0.4, 0.5) is 0 Å². The average molecular weight is 499 g/mol. The standard InChI is InChI=1S/C20H23ClN4O5S2/c1-5-24-15-8-7-14(32(29,30)22(2)3)10-16(15)25(20(28)19(24)27)12-18(26)23(4)11-13-6-9-17(21)31-13/h6-10H,5,11-12H2,1-4H3. The molecule has 1 amide bonds. The van der Waals surface area contributed by atoms with E-state index < -0.39 is 33.6 Å². The number of amides is 1. The predicted octanol–water partition coefficient (Wildman–Crippen LogP) is 1.81. The quantitative estimate of drug-likeness (QED) is 0.462. The summed E-state index contributed by atoms with van der Waals surface area (Å²) >= 11 is 7.28. The third-order valence-electron chi connectivity index (χ3n) is 5.04. The summed E-state index contributed by atoms with van der Waals surface area (Å²) in [5.41, 5.74) is -1.10. The number of sulfonamides is 1. The topological polar surface area (TPSA) is 102 Å². The molecular formula is C20H23ClN4O5S2. The first-order chi connectivity index (χ1) is 15.0. The molecule has 172 valence electrons. The Kier molecular flexibility index (Phi) is 6.94. The highest BCUT2D eigenvalue weighted by Crippen LogP contribution is 2.23. The number of aromatic nitrogens is 2. The molecule has 3 rings (SSSR count). The lowest BCUT2D eigenvalue weighted by Crippen LogP contribution is -2.44. The van der Waals surface area contributed by atoms with Crippen LogP contribution in [0.3, 0.4) is 0 Å². The van der Waals surface area contributed by atoms with Crippen LogP contribution >= 0.6 is 22.9 Å². The Morgan fingerprint density at radius 3 is 2.25 bits per heavy atom. The number of hydrogen-bond donors (Lipinski definition) is 0. The molecule has 1 aromatic carbocycles. The van der Waals surface area contributed by atoms with Crippen molar-refractivity contribution in [3.8, 4) is 0 Å².